The van der Waals surface area contributed by atoms with Gasteiger partial charge in [0.05, 0.1) is 17.7 Å². The summed E-state index contributed by atoms with van der Waals surface area (Å²) in [6.45, 7) is 1.71. The quantitative estimate of drug-likeness (QED) is 0.322. The van der Waals surface area contributed by atoms with Gasteiger partial charge in [0.2, 0.25) is 0 Å². The molecule has 0 saturated heterocycles. The van der Waals surface area contributed by atoms with Gasteiger partial charge in [0.25, 0.3) is 0 Å². The summed E-state index contributed by atoms with van der Waals surface area (Å²) in [6.07, 6.45) is 6.59. The molecule has 3 aromatic heterocycles. The summed E-state index contributed by atoms with van der Waals surface area (Å²) >= 11 is 7.63. The molecule has 2 aromatic carbocycles. The second kappa shape index (κ2) is 8.34. The Bertz CT molecular complexity index is 1300. The van der Waals surface area contributed by atoms with Crippen LogP contribution < -0.4 is 4.80 Å². The van der Waals surface area contributed by atoms with E-state index in [0.29, 0.717) is 5.02 Å². The van der Waals surface area contributed by atoms with E-state index in [2.05, 4.69) is 31.6 Å². The van der Waals surface area contributed by atoms with E-state index in [9.17, 15) is 0 Å². The fraction of sp³-hybridized carbons (Fsp3) is 0.130. The maximum atomic E-state index is 6.14. The number of imidazole rings is 1. The first-order valence-electron chi connectivity index (χ1n) is 9.69. The molecule has 0 amide bonds. The van der Waals surface area contributed by atoms with Crippen LogP contribution in [0.25, 0.3) is 22.4 Å². The number of aromatic nitrogens is 3. The third kappa shape index (κ3) is 3.97. The number of thiazole rings is 1. The summed E-state index contributed by atoms with van der Waals surface area (Å²) in [6, 6.07) is 17.7. The molecular weight excluding hydrogens is 416 g/mol. The average molecular weight is 435 g/mol. The van der Waals surface area contributed by atoms with Gasteiger partial charge in [-0.2, -0.15) is 0 Å². The van der Waals surface area contributed by atoms with E-state index in [1.165, 1.54) is 0 Å². The van der Waals surface area contributed by atoms with Gasteiger partial charge in [-0.05, 0) is 42.8 Å². The molecule has 0 saturated carbocycles. The molecule has 0 unspecified atom stereocenters. The van der Waals surface area contributed by atoms with Crippen LogP contribution in [0.15, 0.2) is 88.1 Å². The maximum absolute atomic E-state index is 6.14. The lowest BCUT2D eigenvalue weighted by atomic mass is 10.2. The van der Waals surface area contributed by atoms with Gasteiger partial charge in [-0.3, -0.25) is 0 Å². The summed E-state index contributed by atoms with van der Waals surface area (Å²) in [5.41, 5.74) is 2.80. The number of halogens is 1. The SMILES string of the molecule is Clc1ccc(N=c2scc(-c3cc4ccccc4o3)n2CCCn2ccnc2)cc1. The minimum atomic E-state index is 0.705. The fourth-order valence-electron chi connectivity index (χ4n) is 3.40. The van der Waals surface area contributed by atoms with Crippen molar-refractivity contribution in [3.63, 3.8) is 0 Å². The van der Waals surface area contributed by atoms with E-state index in [-0.39, 0.29) is 0 Å². The Morgan fingerprint density at radius 2 is 1.93 bits per heavy atom. The maximum Gasteiger partial charge on any atom is 0.190 e. The number of fused-ring (bicyclic) bond motifs is 1. The van der Waals surface area contributed by atoms with E-state index in [0.717, 1.165) is 52.4 Å². The van der Waals surface area contributed by atoms with Crippen LogP contribution in [0.1, 0.15) is 6.42 Å². The van der Waals surface area contributed by atoms with Gasteiger partial charge in [0, 0.05) is 41.3 Å². The van der Waals surface area contributed by atoms with Crippen molar-refractivity contribution in [1.29, 1.82) is 0 Å². The van der Waals surface area contributed by atoms with E-state index in [1.54, 1.807) is 17.5 Å². The minimum Gasteiger partial charge on any atom is -0.454 e. The molecule has 0 fully saturated rings. The molecule has 5 rings (SSSR count). The van der Waals surface area contributed by atoms with E-state index in [4.69, 9.17) is 21.0 Å². The molecule has 7 heteroatoms. The molecule has 0 aliphatic carbocycles. The number of furan rings is 1. The fourth-order valence-corrected chi connectivity index (χ4v) is 4.46. The Kier molecular flexibility index (Phi) is 5.26. The number of nitrogens with zero attached hydrogens (tertiary/aromatic N) is 4. The minimum absolute atomic E-state index is 0.705. The first-order valence-corrected chi connectivity index (χ1v) is 11.0. The van der Waals surface area contributed by atoms with Gasteiger partial charge < -0.3 is 13.6 Å². The summed E-state index contributed by atoms with van der Waals surface area (Å²) in [5.74, 6) is 0.854. The monoisotopic (exact) mass is 434 g/mol. The Morgan fingerprint density at radius 1 is 1.07 bits per heavy atom. The van der Waals surface area contributed by atoms with Crippen LogP contribution in [-0.4, -0.2) is 14.1 Å². The third-order valence-corrected chi connectivity index (χ3v) is 6.00. The van der Waals surface area contributed by atoms with Crippen LogP contribution in [0.2, 0.25) is 5.02 Å². The molecule has 30 heavy (non-hydrogen) atoms. The van der Waals surface area contributed by atoms with Crippen molar-refractivity contribution in [1.82, 2.24) is 14.1 Å². The third-order valence-electron chi connectivity index (χ3n) is 4.88. The van der Waals surface area contributed by atoms with Crippen LogP contribution in [0.4, 0.5) is 5.69 Å². The topological polar surface area (TPSA) is 48.2 Å². The van der Waals surface area contributed by atoms with Gasteiger partial charge in [0.15, 0.2) is 10.6 Å². The highest BCUT2D eigenvalue weighted by molar-refractivity contribution is 7.07. The summed E-state index contributed by atoms with van der Waals surface area (Å²) < 4.78 is 10.5. The largest absolute Gasteiger partial charge is 0.454 e. The zero-order valence-corrected chi connectivity index (χ0v) is 17.7. The molecular formula is C23H19ClN4OS. The zero-order valence-electron chi connectivity index (χ0n) is 16.1. The van der Waals surface area contributed by atoms with Crippen molar-refractivity contribution < 1.29 is 4.42 Å². The van der Waals surface area contributed by atoms with Crippen molar-refractivity contribution >= 4 is 39.6 Å². The second-order valence-corrected chi connectivity index (χ2v) is 8.22. The Labute approximate surface area is 182 Å². The van der Waals surface area contributed by atoms with Gasteiger partial charge in [0.1, 0.15) is 5.58 Å². The van der Waals surface area contributed by atoms with Gasteiger partial charge in [-0.15, -0.1) is 11.3 Å². The van der Waals surface area contributed by atoms with E-state index >= 15 is 0 Å². The summed E-state index contributed by atoms with van der Waals surface area (Å²) in [5, 5.41) is 3.92. The Morgan fingerprint density at radius 3 is 2.73 bits per heavy atom. The number of hydrogen-bond donors (Lipinski definition) is 0. The summed E-state index contributed by atoms with van der Waals surface area (Å²) in [4.78, 5) is 9.91. The summed E-state index contributed by atoms with van der Waals surface area (Å²) in [7, 11) is 0. The van der Waals surface area contributed by atoms with Crippen LogP contribution in [-0.2, 0) is 13.1 Å². The number of benzene rings is 2. The van der Waals surface area contributed by atoms with E-state index in [1.807, 2.05) is 55.0 Å². The predicted octanol–water partition coefficient (Wildman–Crippen LogP) is 6.14. The molecule has 0 bridgehead atoms. The molecule has 0 atom stereocenters. The standard InChI is InChI=1S/C23H19ClN4OS/c24-18-6-8-19(9-7-18)26-23-28(12-3-11-27-13-10-25-16-27)20(15-30-23)22-14-17-4-1-2-5-21(17)29-22/h1-2,4-10,13-16H,3,11-12H2. The second-order valence-electron chi connectivity index (χ2n) is 6.95. The number of para-hydroxylation sites is 1. The molecule has 0 radical (unpaired) electrons. The number of aryl methyl sites for hydroxylation is 1. The highest BCUT2D eigenvalue weighted by Crippen LogP contribution is 2.28. The molecule has 3 heterocycles. The Balaban J connectivity index is 1.53. The van der Waals surface area contributed by atoms with Crippen LogP contribution in [0.3, 0.4) is 0 Å². The lowest BCUT2D eigenvalue weighted by Crippen LogP contribution is -2.17. The lowest BCUT2D eigenvalue weighted by Gasteiger charge is -2.08. The predicted molar refractivity (Wildman–Crippen MR) is 121 cm³/mol. The van der Waals surface area contributed by atoms with Crippen molar-refractivity contribution in [2.24, 2.45) is 4.99 Å². The average Bonchev–Trinajstić information content (AvgIpc) is 3.50. The number of rotatable bonds is 6. The molecule has 5 nitrogen and oxygen atoms in total. The first kappa shape index (κ1) is 18.9. The molecule has 150 valence electrons. The zero-order chi connectivity index (χ0) is 20.3. The van der Waals surface area contributed by atoms with Crippen LogP contribution in [0, 0.1) is 0 Å². The molecule has 0 aliphatic rings. The van der Waals surface area contributed by atoms with Gasteiger partial charge >= 0.3 is 0 Å². The van der Waals surface area contributed by atoms with Crippen molar-refractivity contribution in [3.8, 4) is 11.5 Å². The van der Waals surface area contributed by atoms with Crippen molar-refractivity contribution in [2.75, 3.05) is 0 Å². The smallest absolute Gasteiger partial charge is 0.190 e. The van der Waals surface area contributed by atoms with Crippen LogP contribution in [0.5, 0.6) is 0 Å². The van der Waals surface area contributed by atoms with E-state index < -0.39 is 0 Å². The molecule has 5 aromatic rings. The normalized spacial score (nSPS) is 12.1. The first-order chi connectivity index (χ1) is 14.8. The molecule has 0 spiro atoms. The Hall–Kier alpha value is -3.09. The number of hydrogen-bond acceptors (Lipinski definition) is 4. The lowest BCUT2D eigenvalue weighted by molar-refractivity contribution is 0.549. The highest BCUT2D eigenvalue weighted by Gasteiger charge is 2.13. The van der Waals surface area contributed by atoms with Crippen molar-refractivity contribution in [3.05, 3.63) is 88.5 Å². The molecule has 0 aliphatic heterocycles. The van der Waals surface area contributed by atoms with Crippen LogP contribution >= 0.6 is 22.9 Å². The molecule has 0 N–H and O–H groups in total. The highest BCUT2D eigenvalue weighted by atomic mass is 35.5. The van der Waals surface area contributed by atoms with Gasteiger partial charge in [-0.25, -0.2) is 9.98 Å². The van der Waals surface area contributed by atoms with Crippen molar-refractivity contribution in [2.45, 2.75) is 19.5 Å². The van der Waals surface area contributed by atoms with Gasteiger partial charge in [-0.1, -0.05) is 29.8 Å².